The summed E-state index contributed by atoms with van der Waals surface area (Å²) >= 11 is 6.01. The lowest BCUT2D eigenvalue weighted by molar-refractivity contribution is -0.145. The molecule has 1 spiro atoms. The summed E-state index contributed by atoms with van der Waals surface area (Å²) in [5.74, 6) is 0.422. The number of hydrogen-bond acceptors (Lipinski definition) is 3. The maximum atomic E-state index is 13.3. The Kier molecular flexibility index (Phi) is 5.23. The number of methoxy groups -OCH3 is 1. The summed E-state index contributed by atoms with van der Waals surface area (Å²) in [7, 11) is 1.52. The number of carbonyl (C=O) groups is 2. The Morgan fingerprint density at radius 3 is 2.68 bits per heavy atom. The molecule has 0 saturated carbocycles. The number of carbonyl (C=O) groups excluding carboxylic acids is 2. The zero-order valence-corrected chi connectivity index (χ0v) is 15.6. The minimum absolute atomic E-state index is 0.111. The summed E-state index contributed by atoms with van der Waals surface area (Å²) in [6.45, 7) is 4.23. The third-order valence-corrected chi connectivity index (χ3v) is 5.56. The smallest absolute Gasteiger partial charge is 0.258 e. The molecular formula is C19H25ClN2O3. The quantitative estimate of drug-likeness (QED) is 0.823. The molecule has 1 aromatic carbocycles. The lowest BCUT2D eigenvalue weighted by Crippen LogP contribution is -2.61. The number of benzene rings is 1. The van der Waals surface area contributed by atoms with Gasteiger partial charge in [-0.25, -0.2) is 0 Å². The van der Waals surface area contributed by atoms with E-state index in [2.05, 4.69) is 6.92 Å². The van der Waals surface area contributed by atoms with Gasteiger partial charge in [0.2, 0.25) is 5.91 Å². The minimum atomic E-state index is -0.685. The first kappa shape index (κ1) is 18.1. The SMILES string of the molecule is CCCN1CCCC2(CCCN2C(=O)c2ccc(Cl)cc2OC)C1=O. The molecule has 0 radical (unpaired) electrons. The van der Waals surface area contributed by atoms with Crippen molar-refractivity contribution >= 4 is 23.4 Å². The molecule has 6 heteroatoms. The summed E-state index contributed by atoms with van der Waals surface area (Å²) in [5, 5.41) is 0.521. The van der Waals surface area contributed by atoms with E-state index in [9.17, 15) is 9.59 Å². The van der Waals surface area contributed by atoms with E-state index in [4.69, 9.17) is 16.3 Å². The fourth-order valence-corrected chi connectivity index (χ4v) is 4.35. The monoisotopic (exact) mass is 364 g/mol. The Hall–Kier alpha value is -1.75. The van der Waals surface area contributed by atoms with Gasteiger partial charge in [-0.15, -0.1) is 0 Å². The van der Waals surface area contributed by atoms with Gasteiger partial charge in [0.05, 0.1) is 12.7 Å². The predicted molar refractivity (Wildman–Crippen MR) is 97.1 cm³/mol. The molecule has 2 saturated heterocycles. The topological polar surface area (TPSA) is 49.9 Å². The van der Waals surface area contributed by atoms with Crippen LogP contribution in [0, 0.1) is 0 Å². The van der Waals surface area contributed by atoms with Crippen LogP contribution in [0.4, 0.5) is 0 Å². The van der Waals surface area contributed by atoms with Gasteiger partial charge >= 0.3 is 0 Å². The van der Waals surface area contributed by atoms with Gasteiger partial charge in [0.1, 0.15) is 11.3 Å². The summed E-state index contributed by atoms with van der Waals surface area (Å²) in [6.07, 6.45) is 4.21. The van der Waals surface area contributed by atoms with Gasteiger partial charge in [0.15, 0.2) is 0 Å². The molecule has 136 valence electrons. The summed E-state index contributed by atoms with van der Waals surface area (Å²) in [4.78, 5) is 30.1. The molecule has 0 bridgehead atoms. The largest absolute Gasteiger partial charge is 0.496 e. The molecule has 1 unspecified atom stereocenters. The van der Waals surface area contributed by atoms with Crippen LogP contribution in [0.25, 0.3) is 0 Å². The molecule has 2 heterocycles. The van der Waals surface area contributed by atoms with Crippen molar-refractivity contribution in [2.75, 3.05) is 26.7 Å². The van der Waals surface area contributed by atoms with Crippen molar-refractivity contribution in [2.45, 2.75) is 44.6 Å². The molecule has 0 aliphatic carbocycles. The number of rotatable bonds is 4. The summed E-state index contributed by atoms with van der Waals surface area (Å²) < 4.78 is 5.34. The van der Waals surface area contributed by atoms with E-state index in [0.29, 0.717) is 22.9 Å². The first-order chi connectivity index (χ1) is 12.0. The van der Waals surface area contributed by atoms with Gasteiger partial charge < -0.3 is 14.5 Å². The Balaban J connectivity index is 1.93. The fourth-order valence-electron chi connectivity index (χ4n) is 4.19. The van der Waals surface area contributed by atoms with Crippen LogP contribution >= 0.6 is 11.6 Å². The first-order valence-electron chi connectivity index (χ1n) is 8.98. The highest BCUT2D eigenvalue weighted by atomic mass is 35.5. The number of amides is 2. The van der Waals surface area contributed by atoms with E-state index in [-0.39, 0.29) is 11.8 Å². The highest BCUT2D eigenvalue weighted by molar-refractivity contribution is 6.30. The van der Waals surface area contributed by atoms with Gasteiger partial charge in [-0.3, -0.25) is 9.59 Å². The second kappa shape index (κ2) is 7.24. The van der Waals surface area contributed by atoms with E-state index in [0.717, 1.165) is 45.2 Å². The minimum Gasteiger partial charge on any atom is -0.496 e. The third-order valence-electron chi connectivity index (χ3n) is 5.33. The zero-order valence-electron chi connectivity index (χ0n) is 14.9. The normalized spacial score (nSPS) is 23.4. The van der Waals surface area contributed by atoms with Crippen molar-refractivity contribution in [2.24, 2.45) is 0 Å². The van der Waals surface area contributed by atoms with Crippen LogP contribution in [-0.2, 0) is 4.79 Å². The van der Waals surface area contributed by atoms with E-state index in [1.165, 1.54) is 7.11 Å². The predicted octanol–water partition coefficient (Wildman–Crippen LogP) is 3.36. The molecular weight excluding hydrogens is 340 g/mol. The van der Waals surface area contributed by atoms with E-state index < -0.39 is 5.54 Å². The van der Waals surface area contributed by atoms with Gasteiger partial charge in [-0.1, -0.05) is 18.5 Å². The number of ether oxygens (including phenoxy) is 1. The van der Waals surface area contributed by atoms with Crippen molar-refractivity contribution in [3.05, 3.63) is 28.8 Å². The number of likely N-dealkylation sites (tertiary alicyclic amines) is 2. The maximum Gasteiger partial charge on any atom is 0.258 e. The Bertz CT molecular complexity index is 677. The van der Waals surface area contributed by atoms with Crippen molar-refractivity contribution < 1.29 is 14.3 Å². The van der Waals surface area contributed by atoms with E-state index in [1.54, 1.807) is 23.1 Å². The lowest BCUT2D eigenvalue weighted by atomic mass is 9.85. The van der Waals surface area contributed by atoms with Gasteiger partial charge in [0, 0.05) is 24.7 Å². The second-order valence-electron chi connectivity index (χ2n) is 6.83. The fraction of sp³-hybridized carbons (Fsp3) is 0.579. The van der Waals surface area contributed by atoms with E-state index in [1.807, 2.05) is 4.90 Å². The van der Waals surface area contributed by atoms with Crippen LogP contribution in [0.3, 0.4) is 0 Å². The van der Waals surface area contributed by atoms with E-state index >= 15 is 0 Å². The standard InChI is InChI=1S/C19H25ClN2O3/c1-3-10-21-11-4-8-19(18(21)24)9-5-12-22(19)17(23)15-7-6-14(20)13-16(15)25-2/h6-7,13H,3-5,8-12H2,1-2H3. The number of halogens is 1. The van der Waals surface area contributed by atoms with Crippen LogP contribution in [0.5, 0.6) is 5.75 Å². The molecule has 2 aliphatic rings. The molecule has 5 nitrogen and oxygen atoms in total. The molecule has 1 aromatic rings. The molecule has 25 heavy (non-hydrogen) atoms. The van der Waals surface area contributed by atoms with Crippen LogP contribution < -0.4 is 4.74 Å². The Morgan fingerprint density at radius 2 is 2.00 bits per heavy atom. The molecule has 2 aliphatic heterocycles. The Labute approximate surface area is 153 Å². The van der Waals surface area contributed by atoms with Crippen molar-refractivity contribution in [1.29, 1.82) is 0 Å². The molecule has 1 atom stereocenters. The van der Waals surface area contributed by atoms with Crippen LogP contribution in [0.2, 0.25) is 5.02 Å². The Morgan fingerprint density at radius 1 is 1.28 bits per heavy atom. The number of hydrogen-bond donors (Lipinski definition) is 0. The summed E-state index contributed by atoms with van der Waals surface area (Å²) in [6, 6.07) is 5.02. The highest BCUT2D eigenvalue weighted by Crippen LogP contribution is 2.40. The highest BCUT2D eigenvalue weighted by Gasteiger charge is 2.52. The van der Waals surface area contributed by atoms with Crippen LogP contribution in [0.15, 0.2) is 18.2 Å². The van der Waals surface area contributed by atoms with Gasteiger partial charge in [-0.2, -0.15) is 0 Å². The number of piperidine rings is 1. The summed E-state index contributed by atoms with van der Waals surface area (Å²) in [5.41, 5.74) is -0.219. The third kappa shape index (κ3) is 3.10. The molecule has 2 amide bonds. The molecule has 0 N–H and O–H groups in total. The van der Waals surface area contributed by atoms with Crippen LogP contribution in [0.1, 0.15) is 49.4 Å². The average molecular weight is 365 g/mol. The van der Waals surface area contributed by atoms with Crippen LogP contribution in [-0.4, -0.2) is 53.9 Å². The van der Waals surface area contributed by atoms with Crippen molar-refractivity contribution in [1.82, 2.24) is 9.80 Å². The lowest BCUT2D eigenvalue weighted by Gasteiger charge is -2.44. The van der Waals surface area contributed by atoms with Crippen molar-refractivity contribution in [3.63, 3.8) is 0 Å². The van der Waals surface area contributed by atoms with Crippen molar-refractivity contribution in [3.8, 4) is 5.75 Å². The first-order valence-corrected chi connectivity index (χ1v) is 9.36. The van der Waals surface area contributed by atoms with Gasteiger partial charge in [0.25, 0.3) is 5.91 Å². The molecule has 3 rings (SSSR count). The average Bonchev–Trinajstić information content (AvgIpc) is 3.03. The second-order valence-corrected chi connectivity index (χ2v) is 7.27. The number of nitrogens with zero attached hydrogens (tertiary/aromatic N) is 2. The zero-order chi connectivity index (χ0) is 18.0. The maximum absolute atomic E-state index is 13.3. The molecule has 2 fully saturated rings. The van der Waals surface area contributed by atoms with Gasteiger partial charge in [-0.05, 0) is 50.3 Å². The molecule has 0 aromatic heterocycles.